The third kappa shape index (κ3) is 4.89. The van der Waals surface area contributed by atoms with Gasteiger partial charge in [-0.25, -0.2) is 0 Å². The van der Waals surface area contributed by atoms with Gasteiger partial charge in [-0.15, -0.1) is 0 Å². The molecule has 0 aliphatic heterocycles. The Balaban J connectivity index is 2.28. The SMILES string of the molecule is CCCCCCC(C)OC1CCCC(C)(C)C1O. The predicted octanol–water partition coefficient (Wildman–Crippen LogP) is 4.30. The Labute approximate surface area is 113 Å². The van der Waals surface area contributed by atoms with Crippen LogP contribution in [0.4, 0.5) is 0 Å². The molecule has 1 saturated carbocycles. The fraction of sp³-hybridized carbons (Fsp3) is 1.00. The molecule has 108 valence electrons. The van der Waals surface area contributed by atoms with Gasteiger partial charge >= 0.3 is 0 Å². The monoisotopic (exact) mass is 256 g/mol. The summed E-state index contributed by atoms with van der Waals surface area (Å²) in [5, 5.41) is 10.3. The normalized spacial score (nSPS) is 29.2. The predicted molar refractivity (Wildman–Crippen MR) is 76.7 cm³/mol. The molecule has 3 atom stereocenters. The van der Waals surface area contributed by atoms with Crippen molar-refractivity contribution in [3.63, 3.8) is 0 Å². The van der Waals surface area contributed by atoms with Gasteiger partial charge in [-0.05, 0) is 31.6 Å². The van der Waals surface area contributed by atoms with Crippen molar-refractivity contribution in [1.29, 1.82) is 0 Å². The first-order valence-electron chi connectivity index (χ1n) is 7.81. The summed E-state index contributed by atoms with van der Waals surface area (Å²) in [6, 6.07) is 0. The molecule has 0 spiro atoms. The lowest BCUT2D eigenvalue weighted by Gasteiger charge is -2.41. The summed E-state index contributed by atoms with van der Waals surface area (Å²) in [5.41, 5.74) is 0.0187. The zero-order chi connectivity index (χ0) is 13.6. The van der Waals surface area contributed by atoms with E-state index in [0.29, 0.717) is 0 Å². The van der Waals surface area contributed by atoms with Gasteiger partial charge in [-0.2, -0.15) is 0 Å². The molecule has 1 aliphatic carbocycles. The van der Waals surface area contributed by atoms with Gasteiger partial charge in [-0.1, -0.05) is 52.9 Å². The average Bonchev–Trinajstić information content (AvgIpc) is 2.31. The lowest BCUT2D eigenvalue weighted by atomic mass is 9.73. The van der Waals surface area contributed by atoms with Crippen molar-refractivity contribution in [3.05, 3.63) is 0 Å². The molecule has 0 aromatic heterocycles. The highest BCUT2D eigenvalue weighted by Crippen LogP contribution is 2.37. The fourth-order valence-electron chi connectivity index (χ4n) is 2.94. The van der Waals surface area contributed by atoms with Gasteiger partial charge in [0.15, 0.2) is 0 Å². The molecule has 1 aliphatic rings. The molecule has 1 rings (SSSR count). The molecular weight excluding hydrogens is 224 g/mol. The Kier molecular flexibility index (Phi) is 6.65. The summed E-state index contributed by atoms with van der Waals surface area (Å²) >= 11 is 0. The van der Waals surface area contributed by atoms with Crippen LogP contribution in [0.15, 0.2) is 0 Å². The molecule has 3 unspecified atom stereocenters. The number of hydrogen-bond acceptors (Lipinski definition) is 2. The molecule has 1 N–H and O–H groups in total. The Bertz CT molecular complexity index is 225. The first-order valence-corrected chi connectivity index (χ1v) is 7.81. The minimum atomic E-state index is -0.302. The van der Waals surface area contributed by atoms with Crippen molar-refractivity contribution in [2.75, 3.05) is 0 Å². The van der Waals surface area contributed by atoms with Crippen LogP contribution in [0.3, 0.4) is 0 Å². The van der Waals surface area contributed by atoms with E-state index in [1.54, 1.807) is 0 Å². The van der Waals surface area contributed by atoms with E-state index in [2.05, 4.69) is 27.7 Å². The maximum absolute atomic E-state index is 10.3. The Morgan fingerprint density at radius 2 is 2.00 bits per heavy atom. The quantitative estimate of drug-likeness (QED) is 0.688. The fourth-order valence-corrected chi connectivity index (χ4v) is 2.94. The van der Waals surface area contributed by atoms with Crippen molar-refractivity contribution < 1.29 is 9.84 Å². The number of aliphatic hydroxyl groups excluding tert-OH is 1. The number of rotatable bonds is 7. The lowest BCUT2D eigenvalue weighted by Crippen LogP contribution is -2.45. The van der Waals surface area contributed by atoms with Gasteiger partial charge < -0.3 is 9.84 Å². The number of hydrogen-bond donors (Lipinski definition) is 1. The molecule has 0 amide bonds. The molecule has 18 heavy (non-hydrogen) atoms. The molecule has 0 saturated heterocycles. The van der Waals surface area contributed by atoms with E-state index in [9.17, 15) is 5.11 Å². The van der Waals surface area contributed by atoms with Gasteiger partial charge in [0.1, 0.15) is 0 Å². The van der Waals surface area contributed by atoms with E-state index in [1.807, 2.05) is 0 Å². The molecule has 0 aromatic rings. The van der Waals surface area contributed by atoms with Crippen LogP contribution < -0.4 is 0 Å². The second kappa shape index (κ2) is 7.49. The number of unbranched alkanes of at least 4 members (excludes halogenated alkanes) is 3. The summed E-state index contributed by atoms with van der Waals surface area (Å²) < 4.78 is 6.07. The van der Waals surface area contributed by atoms with Crippen LogP contribution in [0.1, 0.15) is 79.1 Å². The maximum Gasteiger partial charge on any atom is 0.0852 e. The minimum Gasteiger partial charge on any atom is -0.390 e. The largest absolute Gasteiger partial charge is 0.390 e. The Morgan fingerprint density at radius 1 is 1.28 bits per heavy atom. The Hall–Kier alpha value is -0.0800. The Morgan fingerprint density at radius 3 is 2.67 bits per heavy atom. The smallest absolute Gasteiger partial charge is 0.0852 e. The molecule has 0 radical (unpaired) electrons. The standard InChI is InChI=1S/C16H32O2/c1-5-6-7-8-10-13(2)18-14-11-9-12-16(3,4)15(14)17/h13-15,17H,5-12H2,1-4H3. The molecule has 2 heteroatoms. The minimum absolute atomic E-state index is 0.0187. The van der Waals surface area contributed by atoms with Crippen molar-refractivity contribution in [2.24, 2.45) is 5.41 Å². The highest BCUT2D eigenvalue weighted by molar-refractivity contribution is 4.89. The highest BCUT2D eigenvalue weighted by Gasteiger charge is 2.38. The van der Waals surface area contributed by atoms with Gasteiger partial charge in [0.05, 0.1) is 18.3 Å². The van der Waals surface area contributed by atoms with Crippen LogP contribution in [0.5, 0.6) is 0 Å². The maximum atomic E-state index is 10.3. The van der Waals surface area contributed by atoms with Crippen LogP contribution in [0.25, 0.3) is 0 Å². The molecule has 2 nitrogen and oxygen atoms in total. The van der Waals surface area contributed by atoms with Crippen molar-refractivity contribution in [2.45, 2.75) is 97.4 Å². The summed E-state index contributed by atoms with van der Waals surface area (Å²) in [6.45, 7) is 8.69. The van der Waals surface area contributed by atoms with E-state index < -0.39 is 0 Å². The summed E-state index contributed by atoms with van der Waals surface area (Å²) in [4.78, 5) is 0. The van der Waals surface area contributed by atoms with E-state index in [-0.39, 0.29) is 23.7 Å². The third-order valence-corrected chi connectivity index (χ3v) is 4.33. The van der Waals surface area contributed by atoms with Crippen LogP contribution in [0.2, 0.25) is 0 Å². The van der Waals surface area contributed by atoms with Crippen LogP contribution in [-0.4, -0.2) is 23.4 Å². The summed E-state index contributed by atoms with van der Waals surface area (Å²) in [6.07, 6.45) is 9.64. The average molecular weight is 256 g/mol. The van der Waals surface area contributed by atoms with Gasteiger partial charge in [-0.3, -0.25) is 0 Å². The van der Waals surface area contributed by atoms with E-state index in [1.165, 1.54) is 32.1 Å². The molecule has 1 fully saturated rings. The number of aliphatic hydroxyl groups is 1. The van der Waals surface area contributed by atoms with Crippen molar-refractivity contribution in [1.82, 2.24) is 0 Å². The lowest BCUT2D eigenvalue weighted by molar-refractivity contribution is -0.134. The molecule has 0 aromatic carbocycles. The van der Waals surface area contributed by atoms with Gasteiger partial charge in [0.25, 0.3) is 0 Å². The van der Waals surface area contributed by atoms with Crippen molar-refractivity contribution in [3.8, 4) is 0 Å². The molecule has 0 heterocycles. The van der Waals surface area contributed by atoms with Crippen LogP contribution in [0, 0.1) is 5.41 Å². The summed E-state index contributed by atoms with van der Waals surface area (Å²) in [7, 11) is 0. The van der Waals surface area contributed by atoms with Crippen LogP contribution in [-0.2, 0) is 4.74 Å². The zero-order valence-corrected chi connectivity index (χ0v) is 12.7. The van der Waals surface area contributed by atoms with E-state index in [0.717, 1.165) is 19.3 Å². The topological polar surface area (TPSA) is 29.5 Å². The van der Waals surface area contributed by atoms with Gasteiger partial charge in [0, 0.05) is 0 Å². The van der Waals surface area contributed by atoms with Crippen LogP contribution >= 0.6 is 0 Å². The van der Waals surface area contributed by atoms with Crippen molar-refractivity contribution >= 4 is 0 Å². The van der Waals surface area contributed by atoms with E-state index in [4.69, 9.17) is 4.74 Å². The second-order valence-electron chi connectivity index (χ2n) is 6.66. The summed E-state index contributed by atoms with van der Waals surface area (Å²) in [5.74, 6) is 0. The highest BCUT2D eigenvalue weighted by atomic mass is 16.5. The second-order valence-corrected chi connectivity index (χ2v) is 6.66. The number of ether oxygens (including phenoxy) is 1. The first kappa shape index (κ1) is 16.0. The van der Waals surface area contributed by atoms with Gasteiger partial charge in [0.2, 0.25) is 0 Å². The molecular formula is C16H32O2. The first-order chi connectivity index (χ1) is 8.47. The third-order valence-electron chi connectivity index (χ3n) is 4.33. The zero-order valence-electron chi connectivity index (χ0n) is 12.7. The molecule has 0 bridgehead atoms. The van der Waals surface area contributed by atoms with E-state index >= 15 is 0 Å².